The molecule has 0 atom stereocenters. The summed E-state index contributed by atoms with van der Waals surface area (Å²) in [5, 5.41) is 0. The SMILES string of the molecule is CC(C)c1ncnc2c1S(=O)(=O)NC=C2. The first-order chi connectivity index (χ1) is 7.02. The van der Waals surface area contributed by atoms with Gasteiger partial charge in [0, 0.05) is 6.20 Å². The van der Waals surface area contributed by atoms with E-state index in [0.29, 0.717) is 11.4 Å². The van der Waals surface area contributed by atoms with E-state index in [1.807, 2.05) is 13.8 Å². The minimum atomic E-state index is -3.48. The molecule has 1 N–H and O–H groups in total. The molecule has 1 aromatic heterocycles. The van der Waals surface area contributed by atoms with Gasteiger partial charge in [-0.1, -0.05) is 13.8 Å². The number of hydrogen-bond acceptors (Lipinski definition) is 4. The van der Waals surface area contributed by atoms with Crippen LogP contribution < -0.4 is 4.72 Å². The first-order valence-corrected chi connectivity index (χ1v) is 6.04. The zero-order valence-electron chi connectivity index (χ0n) is 8.43. The van der Waals surface area contributed by atoms with Crippen LogP contribution in [0, 0.1) is 0 Å². The number of fused-ring (bicyclic) bond motifs is 1. The fourth-order valence-corrected chi connectivity index (χ4v) is 2.79. The Morgan fingerprint density at radius 1 is 1.33 bits per heavy atom. The molecule has 1 aliphatic rings. The number of hydrogen-bond donors (Lipinski definition) is 1. The lowest BCUT2D eigenvalue weighted by Crippen LogP contribution is -2.25. The predicted octanol–water partition coefficient (Wildman–Crippen LogP) is 0.863. The Morgan fingerprint density at radius 3 is 2.73 bits per heavy atom. The number of nitrogens with one attached hydrogen (secondary N) is 1. The molecule has 0 aromatic carbocycles. The highest BCUT2D eigenvalue weighted by Crippen LogP contribution is 2.26. The maximum Gasteiger partial charge on any atom is 0.265 e. The smallest absolute Gasteiger partial charge is 0.265 e. The van der Waals surface area contributed by atoms with Crippen LogP contribution in [0.1, 0.15) is 31.2 Å². The van der Waals surface area contributed by atoms with Gasteiger partial charge in [-0.25, -0.2) is 18.4 Å². The summed E-state index contributed by atoms with van der Waals surface area (Å²) in [5.74, 6) is 0.0461. The molecule has 1 aliphatic heterocycles. The van der Waals surface area contributed by atoms with E-state index in [4.69, 9.17) is 0 Å². The van der Waals surface area contributed by atoms with Gasteiger partial charge in [0.1, 0.15) is 11.2 Å². The lowest BCUT2D eigenvalue weighted by atomic mass is 10.1. The Bertz CT molecular complexity index is 520. The van der Waals surface area contributed by atoms with Gasteiger partial charge < -0.3 is 0 Å². The molecule has 2 heterocycles. The van der Waals surface area contributed by atoms with Gasteiger partial charge in [-0.05, 0) is 12.0 Å². The molecule has 1 aromatic rings. The second-order valence-electron chi connectivity index (χ2n) is 3.58. The van der Waals surface area contributed by atoms with Crippen molar-refractivity contribution in [1.29, 1.82) is 0 Å². The molecule has 0 amide bonds. The molecule has 80 valence electrons. The van der Waals surface area contributed by atoms with Gasteiger partial charge in [0.25, 0.3) is 10.0 Å². The average Bonchev–Trinajstić information content (AvgIpc) is 2.16. The van der Waals surface area contributed by atoms with Crippen molar-refractivity contribution in [3.05, 3.63) is 23.9 Å². The summed E-state index contributed by atoms with van der Waals surface area (Å²) in [6.07, 6.45) is 4.39. The summed E-state index contributed by atoms with van der Waals surface area (Å²) in [4.78, 5) is 8.16. The lowest BCUT2D eigenvalue weighted by Gasteiger charge is -2.16. The Balaban J connectivity index is 2.78. The fourth-order valence-electron chi connectivity index (χ4n) is 1.47. The van der Waals surface area contributed by atoms with E-state index in [0.717, 1.165) is 0 Å². The third-order valence-corrected chi connectivity index (χ3v) is 3.54. The quantitative estimate of drug-likeness (QED) is 0.769. The van der Waals surface area contributed by atoms with Crippen LogP contribution in [0.25, 0.3) is 6.08 Å². The number of rotatable bonds is 1. The van der Waals surface area contributed by atoms with Crippen LogP contribution in [0.15, 0.2) is 17.4 Å². The van der Waals surface area contributed by atoms with Crippen LogP contribution in [-0.4, -0.2) is 18.4 Å². The zero-order valence-corrected chi connectivity index (χ0v) is 9.25. The van der Waals surface area contributed by atoms with Gasteiger partial charge in [0.2, 0.25) is 0 Å². The second-order valence-corrected chi connectivity index (χ2v) is 5.23. The van der Waals surface area contributed by atoms with E-state index in [-0.39, 0.29) is 10.8 Å². The van der Waals surface area contributed by atoms with E-state index in [1.54, 1.807) is 6.08 Å². The van der Waals surface area contributed by atoms with E-state index in [2.05, 4.69) is 14.7 Å². The van der Waals surface area contributed by atoms with Crippen LogP contribution in [0.2, 0.25) is 0 Å². The summed E-state index contributed by atoms with van der Waals surface area (Å²) < 4.78 is 25.8. The van der Waals surface area contributed by atoms with Gasteiger partial charge >= 0.3 is 0 Å². The van der Waals surface area contributed by atoms with E-state index in [1.165, 1.54) is 12.5 Å². The molecule has 0 spiro atoms. The lowest BCUT2D eigenvalue weighted by molar-refractivity contribution is 0.584. The van der Waals surface area contributed by atoms with Gasteiger partial charge in [-0.15, -0.1) is 0 Å². The molecule has 0 bridgehead atoms. The average molecular weight is 225 g/mol. The summed E-state index contributed by atoms with van der Waals surface area (Å²) in [6.45, 7) is 3.80. The largest absolute Gasteiger partial charge is 0.286 e. The van der Waals surface area contributed by atoms with Crippen molar-refractivity contribution < 1.29 is 8.42 Å². The number of nitrogens with zero attached hydrogens (tertiary/aromatic N) is 2. The minimum Gasteiger partial charge on any atom is -0.286 e. The van der Waals surface area contributed by atoms with Gasteiger partial charge in [0.05, 0.1) is 11.4 Å². The molecule has 0 saturated carbocycles. The Labute approximate surface area is 88.3 Å². The fraction of sp³-hybridized carbons (Fsp3) is 0.333. The Morgan fingerprint density at radius 2 is 2.07 bits per heavy atom. The first kappa shape index (κ1) is 10.1. The van der Waals surface area contributed by atoms with Gasteiger partial charge in [-0.3, -0.25) is 4.72 Å². The second kappa shape index (κ2) is 3.30. The normalized spacial score (nSPS) is 17.3. The predicted molar refractivity (Wildman–Crippen MR) is 55.5 cm³/mol. The molecule has 6 heteroatoms. The molecular weight excluding hydrogens is 214 g/mol. The number of sulfonamides is 1. The molecular formula is C9H11N3O2S. The molecule has 0 unspecified atom stereocenters. The summed E-state index contributed by atoms with van der Waals surface area (Å²) >= 11 is 0. The molecule has 2 rings (SSSR count). The number of aromatic nitrogens is 2. The maximum absolute atomic E-state index is 11.8. The van der Waals surface area contributed by atoms with E-state index < -0.39 is 10.0 Å². The van der Waals surface area contributed by atoms with Crippen molar-refractivity contribution in [1.82, 2.24) is 14.7 Å². The third kappa shape index (κ3) is 1.61. The van der Waals surface area contributed by atoms with Crippen molar-refractivity contribution >= 4 is 16.1 Å². The van der Waals surface area contributed by atoms with Gasteiger partial charge in [-0.2, -0.15) is 0 Å². The molecule has 0 radical (unpaired) electrons. The zero-order chi connectivity index (χ0) is 11.1. The van der Waals surface area contributed by atoms with Crippen molar-refractivity contribution in [2.75, 3.05) is 0 Å². The van der Waals surface area contributed by atoms with Crippen LogP contribution >= 0.6 is 0 Å². The van der Waals surface area contributed by atoms with E-state index >= 15 is 0 Å². The van der Waals surface area contributed by atoms with Crippen LogP contribution in [0.3, 0.4) is 0 Å². The first-order valence-electron chi connectivity index (χ1n) is 4.56. The molecule has 0 aliphatic carbocycles. The summed E-state index contributed by atoms with van der Waals surface area (Å²) in [7, 11) is -3.48. The standard InChI is InChI=1S/C9H11N3O2S/c1-6(2)8-9-7(10-5-11-8)3-4-12-15(9,13)14/h3-6,12H,1-2H3. The molecule has 15 heavy (non-hydrogen) atoms. The van der Waals surface area contributed by atoms with Crippen molar-refractivity contribution in [2.24, 2.45) is 0 Å². The minimum absolute atomic E-state index is 0.0461. The van der Waals surface area contributed by atoms with E-state index in [9.17, 15) is 8.42 Å². The highest BCUT2D eigenvalue weighted by atomic mass is 32.2. The Hall–Kier alpha value is -1.43. The molecule has 0 fully saturated rings. The van der Waals surface area contributed by atoms with Crippen LogP contribution in [-0.2, 0) is 10.0 Å². The summed E-state index contributed by atoms with van der Waals surface area (Å²) in [5.41, 5.74) is 1.00. The maximum atomic E-state index is 11.8. The third-order valence-electron chi connectivity index (χ3n) is 2.14. The van der Waals surface area contributed by atoms with Gasteiger partial charge in [0.15, 0.2) is 0 Å². The topological polar surface area (TPSA) is 72.0 Å². The highest BCUT2D eigenvalue weighted by molar-refractivity contribution is 7.89. The van der Waals surface area contributed by atoms with Crippen molar-refractivity contribution in [2.45, 2.75) is 24.7 Å². The monoisotopic (exact) mass is 225 g/mol. The van der Waals surface area contributed by atoms with Crippen LogP contribution in [0.4, 0.5) is 0 Å². The molecule has 5 nitrogen and oxygen atoms in total. The van der Waals surface area contributed by atoms with Crippen molar-refractivity contribution in [3.63, 3.8) is 0 Å². The Kier molecular flexibility index (Phi) is 2.22. The van der Waals surface area contributed by atoms with Crippen molar-refractivity contribution in [3.8, 4) is 0 Å². The molecule has 0 saturated heterocycles. The highest BCUT2D eigenvalue weighted by Gasteiger charge is 2.26. The summed E-state index contributed by atoms with van der Waals surface area (Å²) in [6, 6.07) is 0. The van der Waals surface area contributed by atoms with Crippen LogP contribution in [0.5, 0.6) is 0 Å².